The van der Waals surface area contributed by atoms with Crippen LogP contribution >= 0.6 is 0 Å². The van der Waals surface area contributed by atoms with Crippen LogP contribution in [-0.2, 0) is 14.3 Å². The van der Waals surface area contributed by atoms with E-state index in [0.717, 1.165) is 9.47 Å². The molecule has 0 bridgehead atoms. The minimum absolute atomic E-state index is 0.0732. The quantitative estimate of drug-likeness (QED) is 0.351. The van der Waals surface area contributed by atoms with Crippen molar-refractivity contribution in [2.45, 2.75) is 31.5 Å². The van der Waals surface area contributed by atoms with Gasteiger partial charge in [0.1, 0.15) is 24.9 Å². The predicted octanol–water partition coefficient (Wildman–Crippen LogP) is -1.06. The van der Waals surface area contributed by atoms with Crippen molar-refractivity contribution >= 4 is 17.7 Å². The normalized spacial score (nSPS) is 23.6. The van der Waals surface area contributed by atoms with E-state index in [1.54, 1.807) is 37.3 Å². The number of nitrogens with zero attached hydrogens (tertiary/aromatic N) is 4. The lowest BCUT2D eigenvalue weighted by Gasteiger charge is -2.21. The third-order valence-corrected chi connectivity index (χ3v) is 6.03. The number of benzene rings is 1. The molecule has 1 saturated heterocycles. The number of aliphatic hydroxyl groups is 2. The number of fused-ring (bicyclic) bond motifs is 1. The molecule has 4 atom stereocenters. The van der Waals surface area contributed by atoms with Gasteiger partial charge in [-0.05, 0) is 25.1 Å². The van der Waals surface area contributed by atoms with E-state index in [1.807, 2.05) is 0 Å². The maximum Gasteiger partial charge on any atom is 0.349 e. The topological polar surface area (TPSA) is 152 Å². The molecule has 2 N–H and O–H groups in total. The molecule has 2 aliphatic heterocycles. The molecule has 0 aliphatic carbocycles. The van der Waals surface area contributed by atoms with E-state index in [0.29, 0.717) is 5.69 Å². The molecule has 1 fully saturated rings. The van der Waals surface area contributed by atoms with Gasteiger partial charge in [0.05, 0.1) is 24.3 Å². The first kappa shape index (κ1) is 24.7. The van der Waals surface area contributed by atoms with E-state index in [-0.39, 0.29) is 37.4 Å². The molecule has 12 nitrogen and oxygen atoms in total. The summed E-state index contributed by atoms with van der Waals surface area (Å²) in [6.45, 7) is 1.40. The van der Waals surface area contributed by atoms with Gasteiger partial charge in [-0.1, -0.05) is 12.1 Å². The highest BCUT2D eigenvalue weighted by molar-refractivity contribution is 6.22. The molecule has 2 aliphatic rings. The smallest absolute Gasteiger partial charge is 0.349 e. The number of imide groups is 1. The van der Waals surface area contributed by atoms with Gasteiger partial charge in [0.25, 0.3) is 11.8 Å². The van der Waals surface area contributed by atoms with Gasteiger partial charge in [-0.15, -0.1) is 0 Å². The first-order chi connectivity index (χ1) is 16.7. The molecular formula is C23H26N4O8. The van der Waals surface area contributed by atoms with Crippen LogP contribution in [0.4, 0.5) is 0 Å². The minimum atomic E-state index is -1.35. The van der Waals surface area contributed by atoms with E-state index in [4.69, 9.17) is 9.47 Å². The Morgan fingerprint density at radius 2 is 1.77 bits per heavy atom. The summed E-state index contributed by atoms with van der Waals surface area (Å²) in [7, 11) is 1.52. The Morgan fingerprint density at radius 1 is 1.11 bits per heavy atom. The maximum atomic E-state index is 12.5. The first-order valence-electron chi connectivity index (χ1n) is 11.0. The third kappa shape index (κ3) is 4.86. The Hall–Kier alpha value is -3.45. The second-order valence-corrected chi connectivity index (χ2v) is 8.44. The highest BCUT2D eigenvalue weighted by Crippen LogP contribution is 2.28. The summed E-state index contributed by atoms with van der Waals surface area (Å²) in [5.74, 6) is -1.46. The van der Waals surface area contributed by atoms with Crippen LogP contribution in [0, 0.1) is 6.92 Å². The van der Waals surface area contributed by atoms with Crippen molar-refractivity contribution in [3.63, 3.8) is 0 Å². The SMILES string of the molecule is Cc1ccn([C@@H]2O[C@H](COCCN(C)C(=O)CN3C(=O)c4ccccc4C3=O)C(O)[C@@H]2O)c(=O)n1. The number of carbonyl (C=O) groups is 3. The number of hydrogen-bond acceptors (Lipinski definition) is 9. The van der Waals surface area contributed by atoms with Crippen LogP contribution in [0.1, 0.15) is 32.6 Å². The van der Waals surface area contributed by atoms with Gasteiger partial charge in [0.15, 0.2) is 6.23 Å². The number of rotatable bonds is 8. The summed E-state index contributed by atoms with van der Waals surface area (Å²) in [4.78, 5) is 55.5. The molecule has 4 rings (SSSR count). The fourth-order valence-corrected chi connectivity index (χ4v) is 3.95. The monoisotopic (exact) mass is 486 g/mol. The molecule has 12 heteroatoms. The number of aliphatic hydroxyl groups excluding tert-OH is 2. The Kier molecular flexibility index (Phi) is 7.08. The largest absolute Gasteiger partial charge is 0.387 e. The molecule has 3 heterocycles. The summed E-state index contributed by atoms with van der Waals surface area (Å²) in [5, 5.41) is 20.6. The van der Waals surface area contributed by atoms with Gasteiger partial charge < -0.3 is 24.6 Å². The van der Waals surface area contributed by atoms with E-state index in [9.17, 15) is 29.4 Å². The number of aromatic nitrogens is 2. The first-order valence-corrected chi connectivity index (χ1v) is 11.0. The Labute approximate surface area is 200 Å². The number of aryl methyl sites for hydroxylation is 1. The molecule has 35 heavy (non-hydrogen) atoms. The minimum Gasteiger partial charge on any atom is -0.387 e. The van der Waals surface area contributed by atoms with E-state index >= 15 is 0 Å². The summed E-state index contributed by atoms with van der Waals surface area (Å²) >= 11 is 0. The van der Waals surface area contributed by atoms with E-state index < -0.39 is 48.0 Å². The van der Waals surface area contributed by atoms with Crippen molar-refractivity contribution in [2.75, 3.05) is 33.4 Å². The summed E-state index contributed by atoms with van der Waals surface area (Å²) < 4.78 is 12.2. The number of ether oxygens (including phenoxy) is 2. The summed E-state index contributed by atoms with van der Waals surface area (Å²) in [6, 6.07) is 7.99. The van der Waals surface area contributed by atoms with Crippen LogP contribution in [0.5, 0.6) is 0 Å². The molecule has 3 amide bonds. The van der Waals surface area contributed by atoms with Crippen LogP contribution in [0.2, 0.25) is 0 Å². The second kappa shape index (κ2) is 10.0. The van der Waals surface area contributed by atoms with Crippen LogP contribution in [0.3, 0.4) is 0 Å². The number of carbonyl (C=O) groups excluding carboxylic acids is 3. The van der Waals surface area contributed by atoms with Crippen molar-refractivity contribution in [3.8, 4) is 0 Å². The fourth-order valence-electron chi connectivity index (χ4n) is 3.95. The molecule has 1 unspecified atom stereocenters. The third-order valence-electron chi connectivity index (χ3n) is 6.03. The predicted molar refractivity (Wildman–Crippen MR) is 119 cm³/mol. The zero-order chi connectivity index (χ0) is 25.3. The van der Waals surface area contributed by atoms with Gasteiger partial charge in [-0.2, -0.15) is 4.98 Å². The maximum absolute atomic E-state index is 12.5. The Balaban J connectivity index is 1.24. The number of amides is 3. The van der Waals surface area contributed by atoms with Crippen molar-refractivity contribution in [1.82, 2.24) is 19.4 Å². The molecule has 1 aromatic heterocycles. The molecule has 1 aromatic carbocycles. The molecule has 0 radical (unpaired) electrons. The second-order valence-electron chi connectivity index (χ2n) is 8.44. The fraction of sp³-hybridized carbons (Fsp3) is 0.435. The highest BCUT2D eigenvalue weighted by atomic mass is 16.6. The summed E-state index contributed by atoms with van der Waals surface area (Å²) in [6.07, 6.45) is -3.22. The van der Waals surface area contributed by atoms with Crippen molar-refractivity contribution in [1.29, 1.82) is 0 Å². The zero-order valence-corrected chi connectivity index (χ0v) is 19.2. The molecular weight excluding hydrogens is 460 g/mol. The highest BCUT2D eigenvalue weighted by Gasteiger charge is 2.44. The summed E-state index contributed by atoms with van der Waals surface area (Å²) in [5.41, 5.74) is 0.452. The van der Waals surface area contributed by atoms with Crippen LogP contribution in [0.15, 0.2) is 41.3 Å². The van der Waals surface area contributed by atoms with Crippen molar-refractivity contribution in [2.24, 2.45) is 0 Å². The van der Waals surface area contributed by atoms with E-state index in [1.165, 1.54) is 18.1 Å². The zero-order valence-electron chi connectivity index (χ0n) is 19.2. The van der Waals surface area contributed by atoms with Gasteiger partial charge in [0.2, 0.25) is 5.91 Å². The van der Waals surface area contributed by atoms with Gasteiger partial charge in [-0.3, -0.25) is 23.9 Å². The van der Waals surface area contributed by atoms with Gasteiger partial charge >= 0.3 is 5.69 Å². The molecule has 2 aromatic rings. The van der Waals surface area contributed by atoms with Gasteiger partial charge in [-0.25, -0.2) is 4.79 Å². The lowest BCUT2D eigenvalue weighted by Crippen LogP contribution is -2.42. The number of hydrogen-bond donors (Lipinski definition) is 2. The average Bonchev–Trinajstić information content (AvgIpc) is 3.25. The van der Waals surface area contributed by atoms with Crippen LogP contribution in [0.25, 0.3) is 0 Å². The van der Waals surface area contributed by atoms with Crippen molar-refractivity contribution in [3.05, 3.63) is 63.8 Å². The van der Waals surface area contributed by atoms with Crippen LogP contribution in [-0.4, -0.2) is 98.9 Å². The van der Waals surface area contributed by atoms with Crippen LogP contribution < -0.4 is 5.69 Å². The average molecular weight is 486 g/mol. The lowest BCUT2D eigenvalue weighted by atomic mass is 10.1. The Bertz CT molecular complexity index is 1160. The molecule has 0 saturated carbocycles. The van der Waals surface area contributed by atoms with E-state index in [2.05, 4.69) is 4.98 Å². The Morgan fingerprint density at radius 3 is 2.40 bits per heavy atom. The molecule has 186 valence electrons. The van der Waals surface area contributed by atoms with Crippen molar-refractivity contribution < 1.29 is 34.1 Å². The van der Waals surface area contributed by atoms with Gasteiger partial charge in [0, 0.05) is 25.5 Å². The lowest BCUT2D eigenvalue weighted by molar-refractivity contribution is -0.131. The number of likely N-dealkylation sites (N-methyl/N-ethyl adjacent to an activating group) is 1. The standard InChI is InChI=1S/C23H26N4O8/c1-13-7-8-26(23(33)24-13)22-19(30)18(29)16(35-22)12-34-10-9-25(2)17(28)11-27-20(31)14-5-3-4-6-15(14)21(27)32/h3-8,16,18-19,22,29-30H,9-12H2,1-2H3/t16-,18?,19+,22-/m1/s1. The molecule has 0 spiro atoms.